The van der Waals surface area contributed by atoms with Gasteiger partial charge in [-0.05, 0) is 28.1 Å². The highest BCUT2D eigenvalue weighted by Crippen LogP contribution is 2.35. The number of halogens is 2. The van der Waals surface area contributed by atoms with Crippen LogP contribution in [0.3, 0.4) is 0 Å². The first kappa shape index (κ1) is 12.0. The molecular weight excluding hydrogens is 300 g/mol. The van der Waals surface area contributed by atoms with Crippen LogP contribution in [0.1, 0.15) is 5.56 Å². The zero-order valence-corrected chi connectivity index (χ0v) is 11.1. The van der Waals surface area contributed by atoms with E-state index >= 15 is 0 Å². The highest BCUT2D eigenvalue weighted by atomic mass is 79.9. The van der Waals surface area contributed by atoms with Gasteiger partial charge in [0, 0.05) is 15.6 Å². The van der Waals surface area contributed by atoms with Gasteiger partial charge in [0.25, 0.3) is 0 Å². The standard InChI is InChI=1S/C13H8BrClN2/c14-11-5-1-3-8(10(11)7-16)9-4-2-6-12(17)13(9)15/h1-6H,17H2. The van der Waals surface area contributed by atoms with Gasteiger partial charge >= 0.3 is 0 Å². The third-order valence-corrected chi connectivity index (χ3v) is 3.53. The molecule has 4 heteroatoms. The molecule has 0 aliphatic heterocycles. The molecule has 0 saturated carbocycles. The number of anilines is 1. The Hall–Kier alpha value is -1.50. The zero-order chi connectivity index (χ0) is 12.4. The molecule has 17 heavy (non-hydrogen) atoms. The molecule has 0 spiro atoms. The van der Waals surface area contributed by atoms with Crippen molar-refractivity contribution in [2.24, 2.45) is 0 Å². The van der Waals surface area contributed by atoms with E-state index in [4.69, 9.17) is 22.6 Å². The van der Waals surface area contributed by atoms with Crippen LogP contribution in [0, 0.1) is 11.3 Å². The molecule has 0 amide bonds. The van der Waals surface area contributed by atoms with Crippen LogP contribution in [-0.4, -0.2) is 0 Å². The molecular formula is C13H8BrClN2. The van der Waals surface area contributed by atoms with Gasteiger partial charge in [-0.2, -0.15) is 5.26 Å². The summed E-state index contributed by atoms with van der Waals surface area (Å²) in [6, 6.07) is 13.1. The molecule has 0 fully saturated rings. The summed E-state index contributed by atoms with van der Waals surface area (Å²) >= 11 is 9.51. The topological polar surface area (TPSA) is 49.8 Å². The predicted molar refractivity (Wildman–Crippen MR) is 73.7 cm³/mol. The van der Waals surface area contributed by atoms with Gasteiger partial charge in [0.05, 0.1) is 16.3 Å². The second-order valence-corrected chi connectivity index (χ2v) is 4.72. The first-order chi connectivity index (χ1) is 8.15. The van der Waals surface area contributed by atoms with E-state index in [0.717, 1.165) is 15.6 Å². The zero-order valence-electron chi connectivity index (χ0n) is 8.74. The Kier molecular flexibility index (Phi) is 3.37. The highest BCUT2D eigenvalue weighted by molar-refractivity contribution is 9.10. The second kappa shape index (κ2) is 4.79. The number of nitriles is 1. The van der Waals surface area contributed by atoms with E-state index in [1.165, 1.54) is 0 Å². The Bertz CT molecular complexity index is 617. The monoisotopic (exact) mass is 306 g/mol. The van der Waals surface area contributed by atoms with E-state index in [1.807, 2.05) is 30.3 Å². The van der Waals surface area contributed by atoms with Crippen LogP contribution in [0.15, 0.2) is 40.9 Å². The number of hydrogen-bond acceptors (Lipinski definition) is 2. The van der Waals surface area contributed by atoms with Crippen molar-refractivity contribution in [1.29, 1.82) is 5.26 Å². The van der Waals surface area contributed by atoms with Gasteiger partial charge in [-0.1, -0.05) is 35.9 Å². The maximum Gasteiger partial charge on any atom is 0.101 e. The molecule has 2 aromatic carbocycles. The molecule has 0 bridgehead atoms. The molecule has 0 heterocycles. The summed E-state index contributed by atoms with van der Waals surface area (Å²) in [4.78, 5) is 0. The van der Waals surface area contributed by atoms with Crippen LogP contribution in [0.4, 0.5) is 5.69 Å². The first-order valence-electron chi connectivity index (χ1n) is 4.88. The largest absolute Gasteiger partial charge is 0.398 e. The third kappa shape index (κ3) is 2.14. The van der Waals surface area contributed by atoms with E-state index < -0.39 is 0 Å². The lowest BCUT2D eigenvalue weighted by atomic mass is 10.00. The Balaban J connectivity index is 2.74. The molecule has 0 saturated heterocycles. The van der Waals surface area contributed by atoms with Crippen molar-refractivity contribution in [2.75, 3.05) is 5.73 Å². The van der Waals surface area contributed by atoms with Crippen LogP contribution in [0.2, 0.25) is 5.02 Å². The van der Waals surface area contributed by atoms with Gasteiger partial charge in [-0.3, -0.25) is 0 Å². The van der Waals surface area contributed by atoms with Crippen molar-refractivity contribution in [1.82, 2.24) is 0 Å². The quantitative estimate of drug-likeness (QED) is 0.802. The molecule has 2 aromatic rings. The molecule has 2 nitrogen and oxygen atoms in total. The molecule has 84 valence electrons. The van der Waals surface area contributed by atoms with Crippen molar-refractivity contribution in [3.63, 3.8) is 0 Å². The summed E-state index contributed by atoms with van der Waals surface area (Å²) in [5.41, 5.74) is 8.37. The normalized spacial score (nSPS) is 9.94. The maximum atomic E-state index is 9.17. The Labute approximate surface area is 113 Å². The average molecular weight is 308 g/mol. The van der Waals surface area contributed by atoms with Crippen molar-refractivity contribution >= 4 is 33.2 Å². The second-order valence-electron chi connectivity index (χ2n) is 3.48. The van der Waals surface area contributed by atoms with Crippen LogP contribution >= 0.6 is 27.5 Å². The van der Waals surface area contributed by atoms with E-state index in [9.17, 15) is 0 Å². The fourth-order valence-corrected chi connectivity index (χ4v) is 2.30. The molecule has 0 atom stereocenters. The SMILES string of the molecule is N#Cc1c(Br)cccc1-c1cccc(N)c1Cl. The third-order valence-electron chi connectivity index (χ3n) is 2.44. The predicted octanol–water partition coefficient (Wildman–Crippen LogP) is 4.22. The summed E-state index contributed by atoms with van der Waals surface area (Å²) in [6.45, 7) is 0. The van der Waals surface area contributed by atoms with Gasteiger partial charge in [0.15, 0.2) is 0 Å². The van der Waals surface area contributed by atoms with Crippen molar-refractivity contribution in [2.45, 2.75) is 0 Å². The Morgan fingerprint density at radius 3 is 2.47 bits per heavy atom. The maximum absolute atomic E-state index is 9.17. The first-order valence-corrected chi connectivity index (χ1v) is 6.05. The van der Waals surface area contributed by atoms with Gasteiger partial charge in [-0.15, -0.1) is 0 Å². The minimum atomic E-state index is 0.474. The minimum absolute atomic E-state index is 0.474. The smallest absolute Gasteiger partial charge is 0.101 e. The van der Waals surface area contributed by atoms with Gasteiger partial charge in [-0.25, -0.2) is 0 Å². The number of nitrogens with zero attached hydrogens (tertiary/aromatic N) is 1. The lowest BCUT2D eigenvalue weighted by Crippen LogP contribution is -1.91. The summed E-state index contributed by atoms with van der Waals surface area (Å²) in [6.07, 6.45) is 0. The number of nitrogens with two attached hydrogens (primary N) is 1. The Morgan fingerprint density at radius 1 is 1.12 bits per heavy atom. The minimum Gasteiger partial charge on any atom is -0.398 e. The van der Waals surface area contributed by atoms with Gasteiger partial charge in [0.1, 0.15) is 6.07 Å². The molecule has 0 aliphatic carbocycles. The van der Waals surface area contributed by atoms with E-state index in [2.05, 4.69) is 22.0 Å². The molecule has 2 N–H and O–H groups in total. The number of rotatable bonds is 1. The molecule has 0 aromatic heterocycles. The van der Waals surface area contributed by atoms with E-state index in [-0.39, 0.29) is 0 Å². The summed E-state index contributed by atoms with van der Waals surface area (Å²) in [7, 11) is 0. The summed E-state index contributed by atoms with van der Waals surface area (Å²) in [5.74, 6) is 0. The van der Waals surface area contributed by atoms with Crippen LogP contribution in [0.25, 0.3) is 11.1 Å². The highest BCUT2D eigenvalue weighted by Gasteiger charge is 2.12. The Morgan fingerprint density at radius 2 is 1.76 bits per heavy atom. The summed E-state index contributed by atoms with van der Waals surface area (Å²) in [5, 5.41) is 9.64. The van der Waals surface area contributed by atoms with Gasteiger partial charge in [0.2, 0.25) is 0 Å². The number of nitrogen functional groups attached to an aromatic ring is 1. The molecule has 0 unspecified atom stereocenters. The van der Waals surface area contributed by atoms with Crippen LogP contribution < -0.4 is 5.73 Å². The van der Waals surface area contributed by atoms with E-state index in [1.54, 1.807) is 6.07 Å². The summed E-state index contributed by atoms with van der Waals surface area (Å²) < 4.78 is 0.746. The van der Waals surface area contributed by atoms with Crippen molar-refractivity contribution in [3.05, 3.63) is 51.5 Å². The van der Waals surface area contributed by atoms with Crippen molar-refractivity contribution in [3.8, 4) is 17.2 Å². The number of hydrogen-bond donors (Lipinski definition) is 1. The van der Waals surface area contributed by atoms with Crippen molar-refractivity contribution < 1.29 is 0 Å². The van der Waals surface area contributed by atoms with Crippen LogP contribution in [-0.2, 0) is 0 Å². The fourth-order valence-electron chi connectivity index (χ4n) is 1.62. The average Bonchev–Trinajstić information content (AvgIpc) is 2.32. The number of benzene rings is 2. The lowest BCUT2D eigenvalue weighted by molar-refractivity contribution is 1.46. The van der Waals surface area contributed by atoms with E-state index in [0.29, 0.717) is 16.3 Å². The van der Waals surface area contributed by atoms with Crippen LogP contribution in [0.5, 0.6) is 0 Å². The molecule has 0 radical (unpaired) electrons. The van der Waals surface area contributed by atoms with Gasteiger partial charge < -0.3 is 5.73 Å². The molecule has 2 rings (SSSR count). The fraction of sp³-hybridized carbons (Fsp3) is 0. The lowest BCUT2D eigenvalue weighted by Gasteiger charge is -2.09. The molecule has 0 aliphatic rings.